The highest BCUT2D eigenvalue weighted by Crippen LogP contribution is 2.29. The van der Waals surface area contributed by atoms with Crippen molar-refractivity contribution in [3.8, 4) is 6.07 Å². The average Bonchev–Trinajstić information content (AvgIpc) is 2.47. The summed E-state index contributed by atoms with van der Waals surface area (Å²) in [6.07, 6.45) is -4.29. The molecule has 3 nitrogen and oxygen atoms in total. The molecule has 82 valence electrons. The summed E-state index contributed by atoms with van der Waals surface area (Å²) in [6.45, 7) is 3.19. The van der Waals surface area contributed by atoms with Gasteiger partial charge in [-0.25, -0.2) is 0 Å². The van der Waals surface area contributed by atoms with Crippen LogP contribution in [0.15, 0.2) is 6.07 Å². The smallest absolute Gasteiger partial charge is 0.265 e. The van der Waals surface area contributed by atoms with Crippen LogP contribution in [0.5, 0.6) is 0 Å². The van der Waals surface area contributed by atoms with Crippen molar-refractivity contribution < 1.29 is 13.2 Å². The largest absolute Gasteiger partial charge is 0.435 e. The van der Waals surface area contributed by atoms with Gasteiger partial charge in [-0.2, -0.15) is 23.5 Å². The minimum atomic E-state index is -4.43. The van der Waals surface area contributed by atoms with Crippen LogP contribution in [0.1, 0.15) is 30.8 Å². The minimum Gasteiger partial charge on any atom is -0.265 e. The second-order valence-electron chi connectivity index (χ2n) is 3.32. The Labute approximate surface area is 85.1 Å². The molecule has 0 aliphatic carbocycles. The first-order valence-corrected chi connectivity index (χ1v) is 4.36. The minimum absolute atomic E-state index is 0.139. The molecule has 0 aliphatic rings. The van der Waals surface area contributed by atoms with Crippen LogP contribution < -0.4 is 0 Å². The molecule has 1 atom stereocenters. The fraction of sp³-hybridized carbons (Fsp3) is 0.556. The molecule has 0 amide bonds. The Morgan fingerprint density at radius 3 is 2.60 bits per heavy atom. The first kappa shape index (κ1) is 11.6. The lowest BCUT2D eigenvalue weighted by molar-refractivity contribution is -0.141. The summed E-state index contributed by atoms with van der Waals surface area (Å²) in [4.78, 5) is 0. The molecule has 0 N–H and O–H groups in total. The molecule has 0 spiro atoms. The fourth-order valence-corrected chi connectivity index (χ4v) is 1.29. The molecule has 1 aromatic heterocycles. The van der Waals surface area contributed by atoms with Crippen LogP contribution in [-0.4, -0.2) is 9.78 Å². The molecule has 0 bridgehead atoms. The number of hydrogen-bond donors (Lipinski definition) is 0. The summed E-state index contributed by atoms with van der Waals surface area (Å²) >= 11 is 0. The zero-order valence-electron chi connectivity index (χ0n) is 8.34. The Kier molecular flexibility index (Phi) is 3.03. The molecule has 0 radical (unpaired) electrons. The highest BCUT2D eigenvalue weighted by atomic mass is 19.4. The molecule has 6 heteroatoms. The van der Waals surface area contributed by atoms with Gasteiger partial charge in [-0.15, -0.1) is 0 Å². The third-order valence-electron chi connectivity index (χ3n) is 2.02. The molecule has 0 aliphatic heterocycles. The maximum Gasteiger partial charge on any atom is 0.435 e. The van der Waals surface area contributed by atoms with E-state index >= 15 is 0 Å². The standard InChI is InChI=1S/C9H10F3N3/c1-6(3-4-13)15-7(2)5-8(14-15)9(10,11)12/h5-6H,3H2,1-2H3/t6-/m1/s1. The molecular weight excluding hydrogens is 207 g/mol. The molecule has 0 saturated heterocycles. The molecule has 15 heavy (non-hydrogen) atoms. The van der Waals surface area contributed by atoms with E-state index in [2.05, 4.69) is 5.10 Å². The number of aryl methyl sites for hydroxylation is 1. The monoisotopic (exact) mass is 217 g/mol. The summed E-state index contributed by atoms with van der Waals surface area (Å²) < 4.78 is 38.1. The molecule has 0 fully saturated rings. The Hall–Kier alpha value is -1.51. The van der Waals surface area contributed by atoms with E-state index in [1.54, 1.807) is 6.92 Å². The number of hydrogen-bond acceptors (Lipinski definition) is 2. The van der Waals surface area contributed by atoms with Crippen LogP contribution in [0.4, 0.5) is 13.2 Å². The summed E-state index contributed by atoms with van der Waals surface area (Å²) in [5, 5.41) is 11.9. The highest BCUT2D eigenvalue weighted by molar-refractivity contribution is 5.12. The second-order valence-corrected chi connectivity index (χ2v) is 3.32. The van der Waals surface area contributed by atoms with Crippen molar-refractivity contribution >= 4 is 0 Å². The van der Waals surface area contributed by atoms with Gasteiger partial charge >= 0.3 is 6.18 Å². The van der Waals surface area contributed by atoms with Gasteiger partial charge in [0.25, 0.3) is 0 Å². The van der Waals surface area contributed by atoms with E-state index in [4.69, 9.17) is 5.26 Å². The zero-order valence-corrected chi connectivity index (χ0v) is 8.34. The van der Waals surface area contributed by atoms with Gasteiger partial charge in [0.2, 0.25) is 0 Å². The second kappa shape index (κ2) is 3.93. The Morgan fingerprint density at radius 2 is 2.20 bits per heavy atom. The maximum absolute atomic E-state index is 12.3. The molecule has 0 saturated carbocycles. The number of rotatable bonds is 2. The maximum atomic E-state index is 12.3. The van der Waals surface area contributed by atoms with E-state index in [0.29, 0.717) is 5.69 Å². The first-order chi connectivity index (χ1) is 6.86. The predicted molar refractivity (Wildman–Crippen MR) is 46.9 cm³/mol. The molecular formula is C9H10F3N3. The zero-order chi connectivity index (χ0) is 11.6. The number of aromatic nitrogens is 2. The molecule has 1 rings (SSSR count). The average molecular weight is 217 g/mol. The van der Waals surface area contributed by atoms with Gasteiger partial charge in [-0.1, -0.05) is 0 Å². The first-order valence-electron chi connectivity index (χ1n) is 4.36. The summed E-state index contributed by atoms with van der Waals surface area (Å²) in [7, 11) is 0. The highest BCUT2D eigenvalue weighted by Gasteiger charge is 2.34. The van der Waals surface area contributed by atoms with Crippen LogP contribution in [-0.2, 0) is 6.18 Å². The van der Waals surface area contributed by atoms with E-state index in [-0.39, 0.29) is 12.5 Å². The van der Waals surface area contributed by atoms with E-state index in [1.165, 1.54) is 11.6 Å². The quantitative estimate of drug-likeness (QED) is 0.764. The lowest BCUT2D eigenvalue weighted by Gasteiger charge is -2.09. The molecule has 1 heterocycles. The summed E-state index contributed by atoms with van der Waals surface area (Å²) in [5.74, 6) is 0. The SMILES string of the molecule is Cc1cc(C(F)(F)F)nn1[C@H](C)CC#N. The Balaban J connectivity index is 3.02. The van der Waals surface area contributed by atoms with E-state index in [1.807, 2.05) is 6.07 Å². The van der Waals surface area contributed by atoms with Crippen molar-refractivity contribution in [2.24, 2.45) is 0 Å². The van der Waals surface area contributed by atoms with E-state index in [9.17, 15) is 13.2 Å². The Morgan fingerprint density at radius 1 is 1.60 bits per heavy atom. The van der Waals surface area contributed by atoms with Gasteiger partial charge in [0.15, 0.2) is 5.69 Å². The van der Waals surface area contributed by atoms with Gasteiger partial charge in [0.05, 0.1) is 18.5 Å². The van der Waals surface area contributed by atoms with Crippen molar-refractivity contribution in [3.05, 3.63) is 17.5 Å². The van der Waals surface area contributed by atoms with Crippen LogP contribution >= 0.6 is 0 Å². The predicted octanol–water partition coefficient (Wildman–Crippen LogP) is 2.69. The number of nitriles is 1. The van der Waals surface area contributed by atoms with Crippen molar-refractivity contribution in [3.63, 3.8) is 0 Å². The van der Waals surface area contributed by atoms with Crippen molar-refractivity contribution in [1.29, 1.82) is 5.26 Å². The molecule has 1 aromatic rings. The van der Waals surface area contributed by atoms with Crippen LogP contribution in [0.25, 0.3) is 0 Å². The van der Waals surface area contributed by atoms with Gasteiger partial charge in [-0.05, 0) is 19.9 Å². The fourth-order valence-electron chi connectivity index (χ4n) is 1.29. The van der Waals surface area contributed by atoms with E-state index in [0.717, 1.165) is 6.07 Å². The van der Waals surface area contributed by atoms with Gasteiger partial charge in [-0.3, -0.25) is 4.68 Å². The Bertz CT molecular complexity index is 386. The van der Waals surface area contributed by atoms with Gasteiger partial charge in [0.1, 0.15) is 0 Å². The van der Waals surface area contributed by atoms with Gasteiger partial charge in [0, 0.05) is 5.69 Å². The van der Waals surface area contributed by atoms with Crippen molar-refractivity contribution in [2.45, 2.75) is 32.5 Å². The van der Waals surface area contributed by atoms with Crippen LogP contribution in [0, 0.1) is 18.3 Å². The third kappa shape index (κ3) is 2.49. The van der Waals surface area contributed by atoms with Crippen LogP contribution in [0.2, 0.25) is 0 Å². The normalized spacial score (nSPS) is 13.6. The van der Waals surface area contributed by atoms with Crippen molar-refractivity contribution in [2.75, 3.05) is 0 Å². The number of alkyl halides is 3. The lowest BCUT2D eigenvalue weighted by atomic mass is 10.2. The molecule has 0 unspecified atom stereocenters. The molecule has 0 aromatic carbocycles. The third-order valence-corrected chi connectivity index (χ3v) is 2.02. The summed E-state index contributed by atoms with van der Waals surface area (Å²) in [6, 6.07) is 2.54. The topological polar surface area (TPSA) is 41.6 Å². The number of halogens is 3. The van der Waals surface area contributed by atoms with E-state index < -0.39 is 11.9 Å². The summed E-state index contributed by atoms with van der Waals surface area (Å²) in [5.41, 5.74) is -0.505. The van der Waals surface area contributed by atoms with Gasteiger partial charge < -0.3 is 0 Å². The number of nitrogens with zero attached hydrogens (tertiary/aromatic N) is 3. The van der Waals surface area contributed by atoms with Crippen molar-refractivity contribution in [1.82, 2.24) is 9.78 Å². The lowest BCUT2D eigenvalue weighted by Crippen LogP contribution is -2.11. The van der Waals surface area contributed by atoms with Crippen LogP contribution in [0.3, 0.4) is 0 Å².